The van der Waals surface area contributed by atoms with Crippen LogP contribution < -0.4 is 5.14 Å². The van der Waals surface area contributed by atoms with Crippen LogP contribution in [-0.4, -0.2) is 23.0 Å². The SMILES string of the molecule is N#C/C(=C\c1cccn1-c1ccc(S(N)(=O)=O)cc1)c1nc2ccccc2[nH]1. The first kappa shape index (κ1) is 17.7. The van der Waals surface area contributed by atoms with E-state index in [1.807, 2.05) is 47.2 Å². The van der Waals surface area contributed by atoms with Crippen molar-refractivity contribution in [2.45, 2.75) is 4.90 Å². The van der Waals surface area contributed by atoms with Crippen molar-refractivity contribution >= 4 is 32.7 Å². The molecule has 0 atom stereocenters. The molecule has 0 amide bonds. The number of nitrogens with two attached hydrogens (primary N) is 1. The minimum Gasteiger partial charge on any atom is -0.337 e. The third kappa shape index (κ3) is 3.32. The van der Waals surface area contributed by atoms with Gasteiger partial charge in [-0.15, -0.1) is 0 Å². The molecule has 2 aromatic carbocycles. The Labute approximate surface area is 161 Å². The highest BCUT2D eigenvalue weighted by Crippen LogP contribution is 2.22. The quantitative estimate of drug-likeness (QED) is 0.522. The lowest BCUT2D eigenvalue weighted by Crippen LogP contribution is -2.12. The van der Waals surface area contributed by atoms with Gasteiger partial charge in [-0.05, 0) is 54.6 Å². The van der Waals surface area contributed by atoms with Crippen molar-refractivity contribution in [2.24, 2.45) is 5.14 Å². The zero-order chi connectivity index (χ0) is 19.7. The third-order valence-corrected chi connectivity index (χ3v) is 5.21. The second-order valence-electron chi connectivity index (χ2n) is 6.11. The molecule has 28 heavy (non-hydrogen) atoms. The minimum absolute atomic E-state index is 0.0421. The van der Waals surface area contributed by atoms with Gasteiger partial charge in [-0.1, -0.05) is 12.1 Å². The van der Waals surface area contributed by atoms with Gasteiger partial charge in [0.05, 0.1) is 21.5 Å². The number of imidazole rings is 1. The summed E-state index contributed by atoms with van der Waals surface area (Å²) in [5.41, 5.74) is 3.52. The Balaban J connectivity index is 1.74. The van der Waals surface area contributed by atoms with Crippen molar-refractivity contribution in [3.8, 4) is 11.8 Å². The Morgan fingerprint density at radius 2 is 1.86 bits per heavy atom. The summed E-state index contributed by atoms with van der Waals surface area (Å²) in [4.78, 5) is 7.66. The highest BCUT2D eigenvalue weighted by atomic mass is 32.2. The van der Waals surface area contributed by atoms with E-state index in [0.717, 1.165) is 22.4 Å². The number of hydrogen-bond acceptors (Lipinski definition) is 4. The second-order valence-corrected chi connectivity index (χ2v) is 7.68. The highest BCUT2D eigenvalue weighted by Gasteiger charge is 2.11. The second kappa shape index (κ2) is 6.81. The third-order valence-electron chi connectivity index (χ3n) is 4.28. The number of benzene rings is 2. The molecule has 0 aliphatic carbocycles. The zero-order valence-electron chi connectivity index (χ0n) is 14.6. The first-order valence-electron chi connectivity index (χ1n) is 8.33. The number of fused-ring (bicyclic) bond motifs is 1. The number of rotatable bonds is 4. The molecule has 0 aliphatic rings. The number of sulfonamides is 1. The van der Waals surface area contributed by atoms with Crippen LogP contribution in [0.25, 0.3) is 28.4 Å². The fourth-order valence-corrected chi connectivity index (χ4v) is 3.44. The van der Waals surface area contributed by atoms with Gasteiger partial charge >= 0.3 is 0 Å². The van der Waals surface area contributed by atoms with Crippen molar-refractivity contribution in [1.82, 2.24) is 14.5 Å². The average molecular weight is 389 g/mol. The van der Waals surface area contributed by atoms with Gasteiger partial charge < -0.3 is 9.55 Å². The van der Waals surface area contributed by atoms with Crippen molar-refractivity contribution in [3.63, 3.8) is 0 Å². The molecule has 8 heteroatoms. The Bertz CT molecular complexity index is 1310. The molecule has 0 saturated carbocycles. The summed E-state index contributed by atoms with van der Waals surface area (Å²) in [7, 11) is -3.75. The van der Waals surface area contributed by atoms with E-state index in [9.17, 15) is 13.7 Å². The van der Waals surface area contributed by atoms with Crippen LogP contribution in [0.5, 0.6) is 0 Å². The maximum Gasteiger partial charge on any atom is 0.238 e. The van der Waals surface area contributed by atoms with E-state index in [-0.39, 0.29) is 4.90 Å². The Kier molecular flexibility index (Phi) is 4.31. The van der Waals surface area contributed by atoms with Gasteiger partial charge in [0.25, 0.3) is 0 Å². The lowest BCUT2D eigenvalue weighted by Gasteiger charge is -2.08. The zero-order valence-corrected chi connectivity index (χ0v) is 15.4. The Hall–Kier alpha value is -3.67. The van der Waals surface area contributed by atoms with E-state index in [2.05, 4.69) is 16.0 Å². The molecule has 0 bridgehead atoms. The van der Waals surface area contributed by atoms with Gasteiger partial charge in [-0.2, -0.15) is 5.26 Å². The van der Waals surface area contributed by atoms with Crippen LogP contribution in [0.3, 0.4) is 0 Å². The number of hydrogen-bond donors (Lipinski definition) is 2. The number of primary sulfonamides is 1. The van der Waals surface area contributed by atoms with Crippen LogP contribution in [0.1, 0.15) is 11.5 Å². The van der Waals surface area contributed by atoms with Crippen LogP contribution in [0.15, 0.2) is 71.8 Å². The molecule has 4 aromatic rings. The number of nitrogens with zero attached hydrogens (tertiary/aromatic N) is 3. The lowest BCUT2D eigenvalue weighted by atomic mass is 10.2. The lowest BCUT2D eigenvalue weighted by molar-refractivity contribution is 0.598. The van der Waals surface area contributed by atoms with Gasteiger partial charge in [0, 0.05) is 17.6 Å². The molecule has 4 rings (SSSR count). The number of para-hydroxylation sites is 2. The number of allylic oxidation sites excluding steroid dienone is 1. The summed E-state index contributed by atoms with van der Waals surface area (Å²) in [5, 5.41) is 14.8. The maximum atomic E-state index is 11.4. The molecule has 0 aliphatic heterocycles. The first-order valence-corrected chi connectivity index (χ1v) is 9.88. The fourth-order valence-electron chi connectivity index (χ4n) is 2.93. The van der Waals surface area contributed by atoms with Crippen LogP contribution in [0, 0.1) is 11.3 Å². The minimum atomic E-state index is -3.75. The van der Waals surface area contributed by atoms with Crippen LogP contribution >= 0.6 is 0 Å². The summed E-state index contributed by atoms with van der Waals surface area (Å²) in [5.74, 6) is 0.487. The summed E-state index contributed by atoms with van der Waals surface area (Å²) in [6, 6.07) is 19.6. The normalized spacial score (nSPS) is 12.2. The summed E-state index contributed by atoms with van der Waals surface area (Å²) < 4.78 is 24.7. The number of nitriles is 1. The van der Waals surface area contributed by atoms with Gasteiger partial charge in [-0.25, -0.2) is 18.5 Å². The molecule has 0 radical (unpaired) electrons. The topological polar surface area (TPSA) is 118 Å². The molecular weight excluding hydrogens is 374 g/mol. The summed E-state index contributed by atoms with van der Waals surface area (Å²) in [6.07, 6.45) is 3.55. The molecule has 0 fully saturated rings. The van der Waals surface area contributed by atoms with E-state index >= 15 is 0 Å². The monoisotopic (exact) mass is 389 g/mol. The molecule has 2 aromatic heterocycles. The first-order chi connectivity index (χ1) is 13.5. The van der Waals surface area contributed by atoms with Gasteiger partial charge in [-0.3, -0.25) is 0 Å². The van der Waals surface area contributed by atoms with Crippen molar-refractivity contribution in [1.29, 1.82) is 5.26 Å². The highest BCUT2D eigenvalue weighted by molar-refractivity contribution is 7.89. The van der Waals surface area contributed by atoms with E-state index in [4.69, 9.17) is 5.14 Å². The van der Waals surface area contributed by atoms with Gasteiger partial charge in [0.15, 0.2) is 0 Å². The van der Waals surface area contributed by atoms with E-state index < -0.39 is 10.0 Å². The standard InChI is InChI=1S/C20H15N5O2S/c21-13-14(20-23-18-5-1-2-6-19(18)24-20)12-16-4-3-11-25(16)15-7-9-17(10-8-15)28(22,26)27/h1-12H,(H,23,24)(H2,22,26,27)/b14-12+. The van der Waals surface area contributed by atoms with Gasteiger partial charge in [0.2, 0.25) is 10.0 Å². The predicted octanol–water partition coefficient (Wildman–Crippen LogP) is 3.07. The van der Waals surface area contributed by atoms with E-state index in [1.165, 1.54) is 12.1 Å². The Morgan fingerprint density at radius 3 is 2.54 bits per heavy atom. The van der Waals surface area contributed by atoms with Crippen molar-refractivity contribution < 1.29 is 8.42 Å². The Morgan fingerprint density at radius 1 is 1.11 bits per heavy atom. The van der Waals surface area contributed by atoms with Crippen molar-refractivity contribution in [2.75, 3.05) is 0 Å². The van der Waals surface area contributed by atoms with E-state index in [0.29, 0.717) is 11.4 Å². The average Bonchev–Trinajstić information content (AvgIpc) is 3.32. The summed E-state index contributed by atoms with van der Waals surface area (Å²) >= 11 is 0. The number of nitrogens with one attached hydrogen (secondary N) is 1. The molecule has 3 N–H and O–H groups in total. The molecule has 0 saturated heterocycles. The smallest absolute Gasteiger partial charge is 0.238 e. The molecule has 0 unspecified atom stereocenters. The largest absolute Gasteiger partial charge is 0.337 e. The van der Waals surface area contributed by atoms with Crippen LogP contribution in [-0.2, 0) is 10.0 Å². The van der Waals surface area contributed by atoms with Crippen LogP contribution in [0.4, 0.5) is 0 Å². The number of H-pyrrole nitrogens is 1. The molecule has 0 spiro atoms. The number of aromatic amines is 1. The van der Waals surface area contributed by atoms with Crippen molar-refractivity contribution in [3.05, 3.63) is 78.4 Å². The predicted molar refractivity (Wildman–Crippen MR) is 107 cm³/mol. The van der Waals surface area contributed by atoms with Crippen LogP contribution in [0.2, 0.25) is 0 Å². The van der Waals surface area contributed by atoms with E-state index in [1.54, 1.807) is 18.2 Å². The molecular formula is C20H15N5O2S. The molecule has 7 nitrogen and oxygen atoms in total. The summed E-state index contributed by atoms with van der Waals surface area (Å²) in [6.45, 7) is 0. The maximum absolute atomic E-state index is 11.4. The molecule has 138 valence electrons. The number of aromatic nitrogens is 3. The van der Waals surface area contributed by atoms with Gasteiger partial charge in [0.1, 0.15) is 11.9 Å². The molecule has 2 heterocycles. The fraction of sp³-hybridized carbons (Fsp3) is 0.